The van der Waals surface area contributed by atoms with E-state index in [0.717, 1.165) is 5.56 Å². The van der Waals surface area contributed by atoms with Gasteiger partial charge in [-0.3, -0.25) is 0 Å². The number of nitriles is 1. The molecule has 1 N–H and O–H groups in total. The standard InChI is InChI=1S/C15H12F2N2/c1-10-5-6-13(16)14(7-10)19-9-12-4-2-3-11(8-18)15(12)17/h2-7,19H,9H2,1H3. The van der Waals surface area contributed by atoms with Crippen LogP contribution in [0.4, 0.5) is 14.5 Å². The molecule has 0 heterocycles. The van der Waals surface area contributed by atoms with Crippen LogP contribution in [0.25, 0.3) is 0 Å². The van der Waals surface area contributed by atoms with E-state index in [-0.39, 0.29) is 17.9 Å². The Morgan fingerprint density at radius 1 is 1.21 bits per heavy atom. The highest BCUT2D eigenvalue weighted by Gasteiger charge is 2.08. The maximum atomic E-state index is 13.8. The lowest BCUT2D eigenvalue weighted by atomic mass is 10.1. The SMILES string of the molecule is Cc1ccc(F)c(NCc2cccc(C#N)c2F)c1. The van der Waals surface area contributed by atoms with Crippen molar-refractivity contribution in [3.8, 4) is 6.07 Å². The van der Waals surface area contributed by atoms with Gasteiger partial charge in [-0.25, -0.2) is 8.78 Å². The Hall–Kier alpha value is -2.41. The topological polar surface area (TPSA) is 35.8 Å². The summed E-state index contributed by atoms with van der Waals surface area (Å²) in [5.74, 6) is -0.951. The van der Waals surface area contributed by atoms with Gasteiger partial charge < -0.3 is 5.32 Å². The van der Waals surface area contributed by atoms with E-state index in [1.54, 1.807) is 30.3 Å². The Morgan fingerprint density at radius 2 is 2.00 bits per heavy atom. The number of aryl methyl sites for hydroxylation is 1. The molecule has 2 aromatic carbocycles. The first-order valence-corrected chi connectivity index (χ1v) is 5.79. The highest BCUT2D eigenvalue weighted by atomic mass is 19.1. The molecular formula is C15H12F2N2. The Morgan fingerprint density at radius 3 is 2.74 bits per heavy atom. The lowest BCUT2D eigenvalue weighted by molar-refractivity contribution is 0.607. The molecule has 0 saturated heterocycles. The van der Waals surface area contributed by atoms with Crippen molar-refractivity contribution < 1.29 is 8.78 Å². The summed E-state index contributed by atoms with van der Waals surface area (Å²) in [4.78, 5) is 0. The summed E-state index contributed by atoms with van der Waals surface area (Å²) in [6.45, 7) is 1.98. The maximum absolute atomic E-state index is 13.8. The van der Waals surface area contributed by atoms with E-state index in [1.165, 1.54) is 12.1 Å². The zero-order chi connectivity index (χ0) is 13.8. The second kappa shape index (κ2) is 5.49. The van der Waals surface area contributed by atoms with Crippen LogP contribution in [0.3, 0.4) is 0 Å². The molecule has 0 saturated carbocycles. The van der Waals surface area contributed by atoms with Crippen LogP contribution in [0.1, 0.15) is 16.7 Å². The van der Waals surface area contributed by atoms with E-state index in [9.17, 15) is 8.78 Å². The Kier molecular flexibility index (Phi) is 3.76. The Balaban J connectivity index is 2.20. The molecule has 4 heteroatoms. The summed E-state index contributed by atoms with van der Waals surface area (Å²) < 4.78 is 27.3. The third kappa shape index (κ3) is 2.89. The number of nitrogens with one attached hydrogen (secondary N) is 1. The summed E-state index contributed by atoms with van der Waals surface area (Å²) in [5.41, 5.74) is 1.56. The number of nitrogens with zero attached hydrogens (tertiary/aromatic N) is 1. The summed E-state index contributed by atoms with van der Waals surface area (Å²) >= 11 is 0. The molecule has 0 amide bonds. The van der Waals surface area contributed by atoms with Crippen LogP contribution in [0, 0.1) is 29.9 Å². The molecule has 0 aliphatic carbocycles. The molecule has 0 unspecified atom stereocenters. The number of anilines is 1. The molecule has 0 atom stereocenters. The molecular weight excluding hydrogens is 246 g/mol. The molecule has 0 spiro atoms. The van der Waals surface area contributed by atoms with Crippen LogP contribution < -0.4 is 5.32 Å². The fourth-order valence-corrected chi connectivity index (χ4v) is 1.77. The first-order chi connectivity index (χ1) is 9.11. The number of rotatable bonds is 3. The van der Waals surface area contributed by atoms with E-state index in [4.69, 9.17) is 5.26 Å². The summed E-state index contributed by atoms with van der Waals surface area (Å²) in [5, 5.41) is 11.6. The van der Waals surface area contributed by atoms with Gasteiger partial charge in [-0.2, -0.15) is 5.26 Å². The van der Waals surface area contributed by atoms with Crippen LogP contribution in [0.15, 0.2) is 36.4 Å². The van der Waals surface area contributed by atoms with Gasteiger partial charge in [-0.1, -0.05) is 18.2 Å². The van der Waals surface area contributed by atoms with Crippen molar-refractivity contribution in [1.29, 1.82) is 5.26 Å². The Labute approximate surface area is 110 Å². The third-order valence-corrected chi connectivity index (χ3v) is 2.79. The first-order valence-electron chi connectivity index (χ1n) is 5.79. The molecule has 0 aliphatic heterocycles. The van der Waals surface area contributed by atoms with Crippen LogP contribution in [-0.4, -0.2) is 0 Å². The molecule has 19 heavy (non-hydrogen) atoms. The smallest absolute Gasteiger partial charge is 0.146 e. The van der Waals surface area contributed by atoms with Crippen molar-refractivity contribution in [3.05, 3.63) is 64.7 Å². The van der Waals surface area contributed by atoms with Crippen molar-refractivity contribution in [2.45, 2.75) is 13.5 Å². The third-order valence-electron chi connectivity index (χ3n) is 2.79. The lowest BCUT2D eigenvalue weighted by Gasteiger charge is -2.09. The van der Waals surface area contributed by atoms with Crippen LogP contribution >= 0.6 is 0 Å². The predicted octanol–water partition coefficient (Wildman–Crippen LogP) is 3.76. The van der Waals surface area contributed by atoms with Crippen LogP contribution in [-0.2, 0) is 6.54 Å². The summed E-state index contributed by atoms with van der Waals surface area (Å²) in [7, 11) is 0. The summed E-state index contributed by atoms with van der Waals surface area (Å²) in [6.07, 6.45) is 0. The molecule has 2 aromatic rings. The van der Waals surface area contributed by atoms with E-state index >= 15 is 0 Å². The fraction of sp³-hybridized carbons (Fsp3) is 0.133. The van der Waals surface area contributed by atoms with Gasteiger partial charge in [0.2, 0.25) is 0 Å². The minimum Gasteiger partial charge on any atom is -0.378 e. The maximum Gasteiger partial charge on any atom is 0.146 e. The quantitative estimate of drug-likeness (QED) is 0.909. The highest BCUT2D eigenvalue weighted by Crippen LogP contribution is 2.18. The van der Waals surface area contributed by atoms with Crippen molar-refractivity contribution in [1.82, 2.24) is 0 Å². The van der Waals surface area contributed by atoms with Crippen molar-refractivity contribution in [3.63, 3.8) is 0 Å². The zero-order valence-corrected chi connectivity index (χ0v) is 10.4. The second-order valence-corrected chi connectivity index (χ2v) is 4.23. The van der Waals surface area contributed by atoms with Gasteiger partial charge in [0.25, 0.3) is 0 Å². The minimum absolute atomic E-state index is 0.0102. The van der Waals surface area contributed by atoms with E-state index in [1.807, 2.05) is 6.92 Å². The molecule has 0 fully saturated rings. The van der Waals surface area contributed by atoms with Gasteiger partial charge in [0.15, 0.2) is 0 Å². The molecule has 0 aromatic heterocycles. The van der Waals surface area contributed by atoms with Crippen LogP contribution in [0.2, 0.25) is 0 Å². The van der Waals surface area contributed by atoms with Gasteiger partial charge in [0.05, 0.1) is 11.3 Å². The minimum atomic E-state index is -0.564. The molecule has 96 valence electrons. The largest absolute Gasteiger partial charge is 0.378 e. The van der Waals surface area contributed by atoms with Gasteiger partial charge in [0, 0.05) is 12.1 Å². The van der Waals surface area contributed by atoms with Gasteiger partial charge in [-0.05, 0) is 30.7 Å². The molecule has 0 aliphatic rings. The van der Waals surface area contributed by atoms with E-state index in [0.29, 0.717) is 11.3 Å². The number of hydrogen-bond donors (Lipinski definition) is 1. The van der Waals surface area contributed by atoms with Crippen molar-refractivity contribution in [2.75, 3.05) is 5.32 Å². The fourth-order valence-electron chi connectivity index (χ4n) is 1.77. The lowest BCUT2D eigenvalue weighted by Crippen LogP contribution is -2.04. The number of halogens is 2. The first kappa shape index (κ1) is 13.0. The van der Waals surface area contributed by atoms with Gasteiger partial charge in [-0.15, -0.1) is 0 Å². The van der Waals surface area contributed by atoms with Gasteiger partial charge >= 0.3 is 0 Å². The molecule has 2 nitrogen and oxygen atoms in total. The van der Waals surface area contributed by atoms with Crippen LogP contribution in [0.5, 0.6) is 0 Å². The van der Waals surface area contributed by atoms with E-state index < -0.39 is 5.82 Å². The molecule has 0 radical (unpaired) electrons. The molecule has 2 rings (SSSR count). The van der Waals surface area contributed by atoms with E-state index in [2.05, 4.69) is 5.32 Å². The Bertz CT molecular complexity index is 645. The zero-order valence-electron chi connectivity index (χ0n) is 10.4. The average molecular weight is 258 g/mol. The predicted molar refractivity (Wildman–Crippen MR) is 69.6 cm³/mol. The number of benzene rings is 2. The average Bonchev–Trinajstić information content (AvgIpc) is 2.41. The second-order valence-electron chi connectivity index (χ2n) is 4.23. The molecule has 0 bridgehead atoms. The van der Waals surface area contributed by atoms with Crippen molar-refractivity contribution in [2.24, 2.45) is 0 Å². The van der Waals surface area contributed by atoms with Crippen molar-refractivity contribution >= 4 is 5.69 Å². The number of hydrogen-bond acceptors (Lipinski definition) is 2. The highest BCUT2D eigenvalue weighted by molar-refractivity contribution is 5.48. The monoisotopic (exact) mass is 258 g/mol. The van der Waals surface area contributed by atoms with Gasteiger partial charge in [0.1, 0.15) is 17.7 Å². The normalized spacial score (nSPS) is 10.0. The summed E-state index contributed by atoms with van der Waals surface area (Å²) in [6, 6.07) is 11.0.